The van der Waals surface area contributed by atoms with Crippen LogP contribution in [0.3, 0.4) is 0 Å². The summed E-state index contributed by atoms with van der Waals surface area (Å²) in [5, 5.41) is 13.7. The minimum Gasteiger partial charge on any atom is -0.493 e. The Bertz CT molecular complexity index is 1720. The van der Waals surface area contributed by atoms with Gasteiger partial charge in [0.1, 0.15) is 6.54 Å². The first-order valence-corrected chi connectivity index (χ1v) is 14.2. The molecule has 12 nitrogen and oxygen atoms in total. The molecule has 0 saturated carbocycles. The summed E-state index contributed by atoms with van der Waals surface area (Å²) in [6, 6.07) is 13.6. The lowest BCUT2D eigenvalue weighted by atomic mass is 10.2. The van der Waals surface area contributed by atoms with E-state index in [4.69, 9.17) is 20.5 Å². The van der Waals surface area contributed by atoms with Crippen LogP contribution in [0.5, 0.6) is 11.5 Å². The van der Waals surface area contributed by atoms with Gasteiger partial charge in [0, 0.05) is 16.8 Å². The molecule has 1 saturated heterocycles. The number of para-hydroxylation sites is 1. The molecule has 1 N–H and O–H groups in total. The second-order valence-corrected chi connectivity index (χ2v) is 11.4. The number of thioether (sulfide) groups is 1. The van der Waals surface area contributed by atoms with Crippen molar-refractivity contribution in [3.05, 3.63) is 91.8 Å². The average Bonchev–Trinajstić information content (AvgIpc) is 3.18. The van der Waals surface area contributed by atoms with Gasteiger partial charge in [0.2, 0.25) is 5.91 Å². The second-order valence-electron chi connectivity index (χ2n) is 8.45. The molecular formula is C26H20ClN3O9S2. The summed E-state index contributed by atoms with van der Waals surface area (Å²) in [7, 11) is -3.36. The van der Waals surface area contributed by atoms with E-state index in [-0.39, 0.29) is 16.4 Å². The molecule has 1 heterocycles. The van der Waals surface area contributed by atoms with Crippen molar-refractivity contribution in [2.24, 2.45) is 0 Å². The number of aryl methyl sites for hydroxylation is 1. The molecular weight excluding hydrogens is 598 g/mol. The molecule has 4 rings (SSSR count). The van der Waals surface area contributed by atoms with E-state index in [1.54, 1.807) is 25.1 Å². The highest BCUT2D eigenvalue weighted by Gasteiger charge is 2.36. The number of ether oxygens (including phenoxy) is 1. The van der Waals surface area contributed by atoms with E-state index >= 15 is 0 Å². The van der Waals surface area contributed by atoms with Crippen molar-refractivity contribution in [1.82, 2.24) is 4.90 Å². The van der Waals surface area contributed by atoms with Gasteiger partial charge in [0.25, 0.3) is 16.8 Å². The van der Waals surface area contributed by atoms with Crippen molar-refractivity contribution >= 4 is 68.0 Å². The Kier molecular flexibility index (Phi) is 8.66. The van der Waals surface area contributed by atoms with Gasteiger partial charge in [-0.05, 0) is 66.2 Å². The number of benzene rings is 3. The number of imide groups is 1. The number of nitro groups is 1. The molecule has 3 aromatic rings. The van der Waals surface area contributed by atoms with Gasteiger partial charge in [-0.15, -0.1) is 0 Å². The predicted octanol–water partition coefficient (Wildman–Crippen LogP) is 5.01. The zero-order valence-electron chi connectivity index (χ0n) is 21.3. The third kappa shape index (κ3) is 6.67. The molecule has 0 aromatic heterocycles. The Morgan fingerprint density at radius 1 is 1.12 bits per heavy atom. The van der Waals surface area contributed by atoms with Crippen molar-refractivity contribution < 1.29 is 36.6 Å². The number of carbonyl (C=O) groups excluding carboxylic acids is 3. The largest absolute Gasteiger partial charge is 0.493 e. The van der Waals surface area contributed by atoms with Crippen LogP contribution in [-0.4, -0.2) is 48.9 Å². The van der Waals surface area contributed by atoms with Crippen LogP contribution in [0.15, 0.2) is 70.5 Å². The average molecular weight is 618 g/mol. The summed E-state index contributed by atoms with van der Waals surface area (Å²) < 4.78 is 35.9. The lowest BCUT2D eigenvalue weighted by Crippen LogP contribution is -2.36. The molecule has 1 aliphatic rings. The van der Waals surface area contributed by atoms with Gasteiger partial charge in [-0.1, -0.05) is 35.9 Å². The lowest BCUT2D eigenvalue weighted by Gasteiger charge is -2.14. The molecule has 41 heavy (non-hydrogen) atoms. The Balaban J connectivity index is 1.51. The fourth-order valence-corrected chi connectivity index (χ4v) is 5.79. The van der Waals surface area contributed by atoms with Crippen molar-refractivity contribution in [1.29, 1.82) is 0 Å². The fourth-order valence-electron chi connectivity index (χ4n) is 3.68. The number of amides is 3. The van der Waals surface area contributed by atoms with Crippen LogP contribution in [0.25, 0.3) is 6.08 Å². The summed E-state index contributed by atoms with van der Waals surface area (Å²) in [5.74, 6) is -1.61. The van der Waals surface area contributed by atoms with Crippen molar-refractivity contribution in [3.8, 4) is 11.5 Å². The molecule has 0 aliphatic carbocycles. The van der Waals surface area contributed by atoms with E-state index in [0.717, 1.165) is 22.6 Å². The molecule has 15 heteroatoms. The third-order valence-corrected chi connectivity index (χ3v) is 8.09. The smallest absolute Gasteiger partial charge is 0.346 e. The number of hydrogen-bond acceptors (Lipinski definition) is 10. The van der Waals surface area contributed by atoms with Gasteiger partial charge < -0.3 is 14.2 Å². The van der Waals surface area contributed by atoms with Crippen LogP contribution in [0.1, 0.15) is 11.1 Å². The third-order valence-electron chi connectivity index (χ3n) is 5.67. The zero-order chi connectivity index (χ0) is 29.9. The summed E-state index contributed by atoms with van der Waals surface area (Å²) >= 11 is 6.60. The molecule has 3 aromatic carbocycles. The lowest BCUT2D eigenvalue weighted by molar-refractivity contribution is -0.387. The molecule has 0 radical (unpaired) electrons. The topological polar surface area (TPSA) is 162 Å². The van der Waals surface area contributed by atoms with E-state index in [1.165, 1.54) is 43.5 Å². The highest BCUT2D eigenvalue weighted by atomic mass is 35.5. The number of halogens is 1. The molecule has 0 unspecified atom stereocenters. The molecule has 3 amide bonds. The van der Waals surface area contributed by atoms with Crippen molar-refractivity contribution in [2.75, 3.05) is 19.0 Å². The molecule has 0 bridgehead atoms. The quantitative estimate of drug-likeness (QED) is 0.149. The van der Waals surface area contributed by atoms with Gasteiger partial charge in [0.15, 0.2) is 16.4 Å². The molecule has 212 valence electrons. The predicted molar refractivity (Wildman–Crippen MR) is 151 cm³/mol. The fraction of sp³-hybridized carbons (Fsp3) is 0.115. The maximum Gasteiger partial charge on any atom is 0.346 e. The Hall–Kier alpha value is -4.40. The van der Waals surface area contributed by atoms with Crippen LogP contribution < -0.4 is 14.2 Å². The number of nitrogens with zero attached hydrogens (tertiary/aromatic N) is 2. The number of nitro benzene ring substituents is 1. The SMILES string of the molecule is COc1cc(/C=C2\SC(=O)N(CC(=O)Nc3cc(Cl)ccc3C)C2=O)ccc1OS(=O)(=O)c1ccccc1[N+](=O)[O-]. The normalized spacial score (nSPS) is 14.3. The van der Waals surface area contributed by atoms with Gasteiger partial charge in [-0.3, -0.25) is 29.4 Å². The minimum atomic E-state index is -4.61. The van der Waals surface area contributed by atoms with Gasteiger partial charge in [0.05, 0.1) is 16.9 Å². The van der Waals surface area contributed by atoms with Crippen LogP contribution in [-0.2, 0) is 19.7 Å². The van der Waals surface area contributed by atoms with Crippen molar-refractivity contribution in [2.45, 2.75) is 11.8 Å². The molecule has 0 atom stereocenters. The first kappa shape index (κ1) is 29.6. The summed E-state index contributed by atoms with van der Waals surface area (Å²) in [6.45, 7) is 1.24. The number of rotatable bonds is 9. The Morgan fingerprint density at radius 3 is 2.56 bits per heavy atom. The molecule has 0 spiro atoms. The summed E-state index contributed by atoms with van der Waals surface area (Å²) in [6.07, 6.45) is 1.37. The Morgan fingerprint density at radius 2 is 1.85 bits per heavy atom. The number of nitrogens with one attached hydrogen (secondary N) is 1. The van der Waals surface area contributed by atoms with E-state index in [2.05, 4.69) is 5.32 Å². The van der Waals surface area contributed by atoms with Gasteiger partial charge >= 0.3 is 10.1 Å². The number of hydrogen-bond donors (Lipinski definition) is 1. The van der Waals surface area contributed by atoms with E-state index in [9.17, 15) is 32.9 Å². The van der Waals surface area contributed by atoms with Crippen LogP contribution in [0.2, 0.25) is 5.02 Å². The highest BCUT2D eigenvalue weighted by Crippen LogP contribution is 2.36. The minimum absolute atomic E-state index is 0.0185. The van der Waals surface area contributed by atoms with E-state index in [0.29, 0.717) is 28.0 Å². The zero-order valence-corrected chi connectivity index (χ0v) is 23.7. The maximum absolute atomic E-state index is 12.9. The Labute approximate surface area is 243 Å². The summed E-state index contributed by atoms with van der Waals surface area (Å²) in [5.41, 5.74) is 0.883. The standard InChI is InChI=1S/C26H20ClN3O9S2/c1-15-7-9-17(27)13-18(15)28-24(31)14-29-25(32)22(40-26(29)33)12-16-8-10-20(21(11-16)38-2)39-41(36,37)23-6-4-3-5-19(23)30(34)35/h3-13H,14H2,1-2H3,(H,28,31)/b22-12-. The summed E-state index contributed by atoms with van der Waals surface area (Å²) in [4.78, 5) is 48.5. The van der Waals surface area contributed by atoms with E-state index in [1.807, 2.05) is 0 Å². The number of carbonyl (C=O) groups is 3. The van der Waals surface area contributed by atoms with E-state index < -0.39 is 49.2 Å². The van der Waals surface area contributed by atoms with Gasteiger partial charge in [-0.2, -0.15) is 8.42 Å². The monoisotopic (exact) mass is 617 g/mol. The molecule has 1 fully saturated rings. The van der Waals surface area contributed by atoms with Crippen LogP contribution in [0, 0.1) is 17.0 Å². The highest BCUT2D eigenvalue weighted by molar-refractivity contribution is 8.18. The first-order chi connectivity index (χ1) is 19.4. The molecule has 1 aliphatic heterocycles. The van der Waals surface area contributed by atoms with Crippen LogP contribution in [0.4, 0.5) is 16.2 Å². The van der Waals surface area contributed by atoms with Crippen LogP contribution >= 0.6 is 23.4 Å². The maximum atomic E-state index is 12.9. The number of anilines is 1. The van der Waals surface area contributed by atoms with Crippen molar-refractivity contribution in [3.63, 3.8) is 0 Å². The second kappa shape index (κ2) is 12.0. The van der Waals surface area contributed by atoms with Gasteiger partial charge in [-0.25, -0.2) is 0 Å². The number of methoxy groups -OCH3 is 1. The first-order valence-electron chi connectivity index (χ1n) is 11.6.